The first kappa shape index (κ1) is 31.1. The summed E-state index contributed by atoms with van der Waals surface area (Å²) in [7, 11) is 0. The number of aliphatic hydroxyl groups excluding tert-OH is 1. The Bertz CT molecular complexity index is 1470. The van der Waals surface area contributed by atoms with Crippen molar-refractivity contribution >= 4 is 45.2 Å². The van der Waals surface area contributed by atoms with E-state index < -0.39 is 36.1 Å². The molecular formula is C28H25BrClF3N4O5. The Labute approximate surface area is 252 Å². The van der Waals surface area contributed by atoms with Crippen LogP contribution >= 0.6 is 27.5 Å². The molecule has 4 rings (SSSR count). The molecule has 0 saturated carbocycles. The molecule has 1 fully saturated rings. The van der Waals surface area contributed by atoms with Crippen molar-refractivity contribution in [1.82, 2.24) is 10.2 Å². The molecule has 3 aromatic rings. The molecule has 1 aliphatic rings. The molecule has 2 atom stereocenters. The van der Waals surface area contributed by atoms with Crippen LogP contribution in [0.1, 0.15) is 34.8 Å². The fourth-order valence-corrected chi connectivity index (χ4v) is 4.73. The second kappa shape index (κ2) is 13.4. The lowest BCUT2D eigenvalue weighted by Crippen LogP contribution is -2.59. The largest absolute Gasteiger partial charge is 0.573 e. The molecule has 0 aromatic heterocycles. The number of hydrogen-bond donors (Lipinski definition) is 3. The Hall–Kier alpha value is -3.81. The van der Waals surface area contributed by atoms with Crippen molar-refractivity contribution in [3.8, 4) is 5.75 Å². The first-order valence-electron chi connectivity index (χ1n) is 12.5. The van der Waals surface area contributed by atoms with Gasteiger partial charge in [0.05, 0.1) is 0 Å². The fourth-order valence-electron chi connectivity index (χ4n) is 4.10. The molecule has 3 aromatic carbocycles. The number of benzene rings is 3. The predicted octanol–water partition coefficient (Wildman–Crippen LogP) is 4.79. The number of nitrogens with zero attached hydrogens (tertiary/aromatic N) is 2. The monoisotopic (exact) mass is 668 g/mol. The van der Waals surface area contributed by atoms with Gasteiger partial charge in [0.15, 0.2) is 11.9 Å². The van der Waals surface area contributed by atoms with E-state index in [1.165, 1.54) is 0 Å². The van der Waals surface area contributed by atoms with Crippen molar-refractivity contribution in [3.63, 3.8) is 0 Å². The maximum Gasteiger partial charge on any atom is 0.573 e. The molecule has 1 heterocycles. The van der Waals surface area contributed by atoms with Gasteiger partial charge in [0, 0.05) is 33.7 Å². The van der Waals surface area contributed by atoms with Crippen LogP contribution in [0.2, 0.25) is 5.02 Å². The number of amides is 2. The molecule has 0 aliphatic carbocycles. The van der Waals surface area contributed by atoms with Crippen LogP contribution in [0.5, 0.6) is 5.75 Å². The molecule has 222 valence electrons. The zero-order valence-corrected chi connectivity index (χ0v) is 24.1. The number of alkyl halides is 3. The average Bonchev–Trinajstić information content (AvgIpc) is 2.90. The van der Waals surface area contributed by atoms with Crippen LogP contribution in [0.25, 0.3) is 0 Å². The van der Waals surface area contributed by atoms with Crippen molar-refractivity contribution < 1.29 is 37.4 Å². The highest BCUT2D eigenvalue weighted by molar-refractivity contribution is 9.10. The number of nitrogens with two attached hydrogens (primary N) is 1. The van der Waals surface area contributed by atoms with Gasteiger partial charge in [-0.25, -0.2) is 0 Å². The molecule has 0 radical (unpaired) electrons. The van der Waals surface area contributed by atoms with Crippen molar-refractivity contribution in [2.45, 2.75) is 38.1 Å². The van der Waals surface area contributed by atoms with Crippen LogP contribution in [0.15, 0.2) is 76.4 Å². The van der Waals surface area contributed by atoms with Gasteiger partial charge in [-0.2, -0.15) is 0 Å². The van der Waals surface area contributed by atoms with E-state index in [-0.39, 0.29) is 36.1 Å². The van der Waals surface area contributed by atoms with Gasteiger partial charge in [-0.15, -0.1) is 13.2 Å². The van der Waals surface area contributed by atoms with Gasteiger partial charge in [0.25, 0.3) is 5.91 Å². The second-order valence-corrected chi connectivity index (χ2v) is 10.6. The number of likely N-dealkylation sites (tertiary alicyclic amines) is 1. The third kappa shape index (κ3) is 8.14. The van der Waals surface area contributed by atoms with E-state index in [4.69, 9.17) is 22.2 Å². The number of nitrogens with one attached hydrogen (secondary N) is 1. The highest BCUT2D eigenvalue weighted by atomic mass is 79.9. The van der Waals surface area contributed by atoms with Crippen molar-refractivity contribution in [3.05, 3.63) is 98.5 Å². The number of carbonyl (C=O) groups excluding carboxylic acids is 2. The number of rotatable bonds is 10. The Balaban J connectivity index is 1.29. The van der Waals surface area contributed by atoms with E-state index in [9.17, 15) is 27.9 Å². The number of amidine groups is 1. The van der Waals surface area contributed by atoms with E-state index in [0.717, 1.165) is 38.7 Å². The van der Waals surface area contributed by atoms with Crippen LogP contribution in [0.3, 0.4) is 0 Å². The molecule has 42 heavy (non-hydrogen) atoms. The number of ether oxygens (including phenoxy) is 1. The zero-order chi connectivity index (χ0) is 30.4. The molecule has 4 N–H and O–H groups in total. The topological polar surface area (TPSA) is 126 Å². The highest BCUT2D eigenvalue weighted by Crippen LogP contribution is 2.31. The average molecular weight is 670 g/mol. The molecule has 0 bridgehead atoms. The lowest BCUT2D eigenvalue weighted by molar-refractivity contribution is -0.274. The summed E-state index contributed by atoms with van der Waals surface area (Å²) in [5, 5.41) is 17.0. The van der Waals surface area contributed by atoms with Crippen LogP contribution < -0.4 is 15.8 Å². The lowest BCUT2D eigenvalue weighted by atomic mass is 9.98. The molecule has 1 aliphatic heterocycles. The van der Waals surface area contributed by atoms with Gasteiger partial charge in [0.2, 0.25) is 5.91 Å². The summed E-state index contributed by atoms with van der Waals surface area (Å²) in [5.74, 6) is -1.79. The van der Waals surface area contributed by atoms with Crippen LogP contribution in [-0.2, 0) is 27.6 Å². The van der Waals surface area contributed by atoms with E-state index in [1.54, 1.807) is 24.3 Å². The summed E-state index contributed by atoms with van der Waals surface area (Å²) in [6.07, 6.45) is -6.46. The summed E-state index contributed by atoms with van der Waals surface area (Å²) in [4.78, 5) is 32.1. The van der Waals surface area contributed by atoms with Gasteiger partial charge in [-0.3, -0.25) is 9.59 Å². The first-order chi connectivity index (χ1) is 19.9. The molecule has 2 amide bonds. The summed E-state index contributed by atoms with van der Waals surface area (Å²) in [6, 6.07) is 16.6. The molecule has 0 spiro atoms. The SMILES string of the molecule is N/C(=N\OCc1ccccc1Br)c1ccc(CNC(=O)[C@@H]2CCN2C(=O)[C@H](O)c2cc(Cl)cc(OC(F)(F)F)c2)cc1. The summed E-state index contributed by atoms with van der Waals surface area (Å²) >= 11 is 9.28. The first-order valence-corrected chi connectivity index (χ1v) is 13.7. The van der Waals surface area contributed by atoms with Crippen LogP contribution in [0.4, 0.5) is 13.2 Å². The minimum absolute atomic E-state index is 0.155. The van der Waals surface area contributed by atoms with Gasteiger partial charge < -0.3 is 30.6 Å². The summed E-state index contributed by atoms with van der Waals surface area (Å²) in [5.41, 5.74) is 8.10. The number of hydrogen-bond acceptors (Lipinski definition) is 6. The van der Waals surface area contributed by atoms with Gasteiger partial charge in [-0.05, 0) is 41.8 Å². The quantitative estimate of drug-likeness (QED) is 0.162. The Morgan fingerprint density at radius 3 is 2.52 bits per heavy atom. The minimum atomic E-state index is -4.98. The zero-order valence-electron chi connectivity index (χ0n) is 21.8. The molecular weight excluding hydrogens is 645 g/mol. The summed E-state index contributed by atoms with van der Waals surface area (Å²) < 4.78 is 42.5. The minimum Gasteiger partial charge on any atom is -0.406 e. The summed E-state index contributed by atoms with van der Waals surface area (Å²) in [6.45, 7) is 0.579. The molecule has 9 nitrogen and oxygen atoms in total. The molecule has 1 saturated heterocycles. The van der Waals surface area contributed by atoms with E-state index >= 15 is 0 Å². The maximum absolute atomic E-state index is 12.9. The Kier molecular flexibility index (Phi) is 9.97. The van der Waals surface area contributed by atoms with Crippen molar-refractivity contribution in [1.29, 1.82) is 0 Å². The van der Waals surface area contributed by atoms with E-state index in [2.05, 4.69) is 31.1 Å². The third-order valence-corrected chi connectivity index (χ3v) is 7.33. The maximum atomic E-state index is 12.9. The normalized spacial score (nSPS) is 15.9. The van der Waals surface area contributed by atoms with Crippen molar-refractivity contribution in [2.75, 3.05) is 6.54 Å². The van der Waals surface area contributed by atoms with Crippen LogP contribution in [0, 0.1) is 0 Å². The standard InChI is InChI=1S/C28H25BrClF3N4O5/c29-22-4-2-1-3-18(22)15-41-36-25(34)17-7-5-16(6-8-17)14-35-26(39)23-9-10-37(23)27(40)24(38)19-11-20(30)13-21(12-19)42-28(31,32)33/h1-8,11-13,23-24,38H,9-10,14-15H2,(H2,34,36)(H,35,39)/t23-,24+/m0/s1. The van der Waals surface area contributed by atoms with E-state index in [1.807, 2.05) is 24.3 Å². The second-order valence-electron chi connectivity index (χ2n) is 9.26. The fraction of sp³-hybridized carbons (Fsp3) is 0.250. The smallest absolute Gasteiger partial charge is 0.406 e. The lowest BCUT2D eigenvalue weighted by Gasteiger charge is -2.40. The number of aliphatic hydroxyl groups is 1. The third-order valence-electron chi connectivity index (χ3n) is 6.34. The van der Waals surface area contributed by atoms with Crippen molar-refractivity contribution in [2.24, 2.45) is 10.9 Å². The predicted molar refractivity (Wildman–Crippen MR) is 151 cm³/mol. The molecule has 0 unspecified atom stereocenters. The highest BCUT2D eigenvalue weighted by Gasteiger charge is 2.40. The number of oxime groups is 1. The Morgan fingerprint density at radius 1 is 1.17 bits per heavy atom. The molecule has 14 heteroatoms. The number of carbonyl (C=O) groups is 2. The Morgan fingerprint density at radius 2 is 1.88 bits per heavy atom. The van der Waals surface area contributed by atoms with Gasteiger partial charge in [0.1, 0.15) is 18.4 Å². The van der Waals surface area contributed by atoms with E-state index in [0.29, 0.717) is 12.0 Å². The number of halogens is 5. The van der Waals surface area contributed by atoms with Gasteiger partial charge in [-0.1, -0.05) is 75.2 Å². The van der Waals surface area contributed by atoms with Gasteiger partial charge >= 0.3 is 6.36 Å². The van der Waals surface area contributed by atoms with Crippen LogP contribution in [-0.4, -0.2) is 46.6 Å².